The predicted molar refractivity (Wildman–Crippen MR) is 61.0 cm³/mol. The maximum Gasteiger partial charge on any atom is 0.322 e. The average Bonchev–Trinajstić information content (AvgIpc) is 2.26. The number of rotatable bonds is 6. The van der Waals surface area contributed by atoms with Crippen LogP contribution in [-0.2, 0) is 0 Å². The number of anilines is 1. The zero-order valence-corrected chi connectivity index (χ0v) is 10.1. The lowest BCUT2D eigenvalue weighted by Crippen LogP contribution is -2.24. The van der Waals surface area contributed by atoms with Gasteiger partial charge in [-0.3, -0.25) is 0 Å². The molecule has 1 aromatic heterocycles. The zero-order valence-electron chi connectivity index (χ0n) is 9.35. The highest BCUT2D eigenvalue weighted by Gasteiger charge is 2.09. The van der Waals surface area contributed by atoms with Crippen LogP contribution in [0.5, 0.6) is 6.01 Å². The predicted octanol–water partition coefficient (Wildman–Crippen LogP) is 0.742. The molecule has 1 aromatic rings. The molecule has 0 aromatic carbocycles. The molecule has 0 spiro atoms. The van der Waals surface area contributed by atoms with E-state index in [2.05, 4.69) is 15.0 Å². The van der Waals surface area contributed by atoms with E-state index in [4.69, 9.17) is 21.4 Å². The van der Waals surface area contributed by atoms with Gasteiger partial charge in [-0.05, 0) is 18.0 Å². The zero-order chi connectivity index (χ0) is 12.0. The third-order valence-corrected chi connectivity index (χ3v) is 1.96. The van der Waals surface area contributed by atoms with Crippen molar-refractivity contribution in [2.45, 2.75) is 13.3 Å². The Labute approximate surface area is 99.3 Å². The van der Waals surface area contributed by atoms with Gasteiger partial charge in [0.25, 0.3) is 0 Å². The summed E-state index contributed by atoms with van der Waals surface area (Å²) in [5.74, 6) is 0.389. The molecule has 1 heterocycles. The fraction of sp³-hybridized carbons (Fsp3) is 0.667. The summed E-state index contributed by atoms with van der Waals surface area (Å²) in [6, 6.07) is 0.210. The van der Waals surface area contributed by atoms with Crippen LogP contribution in [0.4, 0.5) is 5.95 Å². The van der Waals surface area contributed by atoms with E-state index < -0.39 is 0 Å². The summed E-state index contributed by atoms with van der Waals surface area (Å²) >= 11 is 5.74. The fourth-order valence-corrected chi connectivity index (χ4v) is 1.15. The molecule has 0 saturated carbocycles. The van der Waals surface area contributed by atoms with E-state index in [-0.39, 0.29) is 17.9 Å². The third kappa shape index (κ3) is 3.79. The Morgan fingerprint density at radius 3 is 2.75 bits per heavy atom. The highest BCUT2D eigenvalue weighted by molar-refractivity contribution is 6.28. The SMILES string of the molecule is CCCOc1nc(Cl)nc(N(C)CCO)n1. The van der Waals surface area contributed by atoms with Gasteiger partial charge in [-0.1, -0.05) is 6.92 Å². The smallest absolute Gasteiger partial charge is 0.322 e. The van der Waals surface area contributed by atoms with Crippen LogP contribution in [0.1, 0.15) is 13.3 Å². The van der Waals surface area contributed by atoms with Gasteiger partial charge in [-0.15, -0.1) is 0 Å². The average molecular weight is 247 g/mol. The van der Waals surface area contributed by atoms with E-state index in [1.807, 2.05) is 6.92 Å². The number of aliphatic hydroxyl groups is 1. The summed E-state index contributed by atoms with van der Waals surface area (Å²) in [6.45, 7) is 2.96. The van der Waals surface area contributed by atoms with Crippen molar-refractivity contribution in [3.05, 3.63) is 5.28 Å². The van der Waals surface area contributed by atoms with Crippen molar-refractivity contribution in [1.82, 2.24) is 15.0 Å². The summed E-state index contributed by atoms with van der Waals surface area (Å²) in [5.41, 5.74) is 0. The lowest BCUT2D eigenvalue weighted by atomic mass is 10.5. The summed E-state index contributed by atoms with van der Waals surface area (Å²) in [7, 11) is 1.76. The minimum absolute atomic E-state index is 0.0188. The molecule has 6 nitrogen and oxygen atoms in total. The molecule has 16 heavy (non-hydrogen) atoms. The van der Waals surface area contributed by atoms with Gasteiger partial charge in [0.2, 0.25) is 11.2 Å². The summed E-state index contributed by atoms with van der Waals surface area (Å²) in [6.07, 6.45) is 0.866. The van der Waals surface area contributed by atoms with Gasteiger partial charge in [0, 0.05) is 13.6 Å². The van der Waals surface area contributed by atoms with Gasteiger partial charge in [-0.25, -0.2) is 0 Å². The lowest BCUT2D eigenvalue weighted by molar-refractivity contribution is 0.289. The molecule has 0 fully saturated rings. The van der Waals surface area contributed by atoms with Crippen molar-refractivity contribution >= 4 is 17.5 Å². The van der Waals surface area contributed by atoms with Crippen LogP contribution in [0.2, 0.25) is 5.28 Å². The lowest BCUT2D eigenvalue weighted by Gasteiger charge is -2.15. The molecule has 0 aliphatic rings. The Morgan fingerprint density at radius 1 is 1.38 bits per heavy atom. The van der Waals surface area contributed by atoms with Crippen molar-refractivity contribution in [3.63, 3.8) is 0 Å². The van der Waals surface area contributed by atoms with E-state index in [1.165, 1.54) is 0 Å². The first-order valence-electron chi connectivity index (χ1n) is 5.03. The van der Waals surface area contributed by atoms with E-state index >= 15 is 0 Å². The molecular formula is C9H15ClN4O2. The van der Waals surface area contributed by atoms with Crippen molar-refractivity contribution < 1.29 is 9.84 Å². The van der Waals surface area contributed by atoms with Crippen LogP contribution in [0, 0.1) is 0 Å². The number of aliphatic hydroxyl groups excluding tert-OH is 1. The van der Waals surface area contributed by atoms with Crippen LogP contribution < -0.4 is 9.64 Å². The molecule has 0 aliphatic carbocycles. The van der Waals surface area contributed by atoms with Crippen molar-refractivity contribution in [1.29, 1.82) is 0 Å². The van der Waals surface area contributed by atoms with Crippen LogP contribution in [0.25, 0.3) is 0 Å². The number of likely N-dealkylation sites (N-methyl/N-ethyl adjacent to an activating group) is 1. The van der Waals surface area contributed by atoms with E-state index in [0.29, 0.717) is 19.1 Å². The van der Waals surface area contributed by atoms with Crippen molar-refractivity contribution in [2.75, 3.05) is 31.7 Å². The van der Waals surface area contributed by atoms with Gasteiger partial charge in [0.1, 0.15) is 0 Å². The Morgan fingerprint density at radius 2 is 2.12 bits per heavy atom. The van der Waals surface area contributed by atoms with E-state index in [1.54, 1.807) is 11.9 Å². The highest BCUT2D eigenvalue weighted by atomic mass is 35.5. The number of aromatic nitrogens is 3. The van der Waals surface area contributed by atoms with Gasteiger partial charge in [0.15, 0.2) is 0 Å². The second kappa shape index (κ2) is 6.44. The highest BCUT2D eigenvalue weighted by Crippen LogP contribution is 2.13. The first-order valence-corrected chi connectivity index (χ1v) is 5.41. The molecule has 90 valence electrons. The van der Waals surface area contributed by atoms with E-state index in [0.717, 1.165) is 6.42 Å². The van der Waals surface area contributed by atoms with Gasteiger partial charge < -0.3 is 14.7 Å². The Kier molecular flexibility index (Phi) is 5.21. The molecule has 0 aliphatic heterocycles. The molecule has 0 amide bonds. The first kappa shape index (κ1) is 12.9. The minimum atomic E-state index is 0.0188. The first-order chi connectivity index (χ1) is 7.67. The summed E-state index contributed by atoms with van der Waals surface area (Å²) < 4.78 is 5.27. The fourth-order valence-electron chi connectivity index (χ4n) is 1.00. The standard InChI is InChI=1S/C9H15ClN4O2/c1-3-6-16-9-12-7(10)11-8(13-9)14(2)4-5-15/h15H,3-6H2,1-2H3. The van der Waals surface area contributed by atoms with Crippen molar-refractivity contribution in [2.24, 2.45) is 0 Å². The van der Waals surface area contributed by atoms with Gasteiger partial charge in [-0.2, -0.15) is 15.0 Å². The second-order valence-electron chi connectivity index (χ2n) is 3.18. The largest absolute Gasteiger partial charge is 0.463 e. The Bertz CT molecular complexity index is 337. The molecule has 0 bridgehead atoms. The molecule has 0 atom stereocenters. The Hall–Kier alpha value is -1.14. The number of nitrogens with zero attached hydrogens (tertiary/aromatic N) is 4. The van der Waals surface area contributed by atoms with Crippen LogP contribution in [0.15, 0.2) is 0 Å². The van der Waals surface area contributed by atoms with Crippen molar-refractivity contribution in [3.8, 4) is 6.01 Å². The molecule has 0 saturated heterocycles. The molecule has 1 N–H and O–H groups in total. The normalized spacial score (nSPS) is 10.2. The number of hydrogen-bond acceptors (Lipinski definition) is 6. The number of halogens is 1. The Balaban J connectivity index is 2.80. The quantitative estimate of drug-likeness (QED) is 0.798. The van der Waals surface area contributed by atoms with Crippen LogP contribution in [-0.4, -0.2) is 46.9 Å². The maximum absolute atomic E-state index is 8.80. The summed E-state index contributed by atoms with van der Waals surface area (Å²) in [4.78, 5) is 13.5. The second-order valence-corrected chi connectivity index (χ2v) is 3.52. The third-order valence-electron chi connectivity index (χ3n) is 1.79. The van der Waals surface area contributed by atoms with Gasteiger partial charge in [0.05, 0.1) is 13.2 Å². The number of hydrogen-bond donors (Lipinski definition) is 1. The van der Waals surface area contributed by atoms with Crippen LogP contribution in [0.3, 0.4) is 0 Å². The van der Waals surface area contributed by atoms with Crippen LogP contribution >= 0.6 is 11.6 Å². The minimum Gasteiger partial charge on any atom is -0.463 e. The molecule has 0 radical (unpaired) electrons. The maximum atomic E-state index is 8.80. The number of ether oxygens (including phenoxy) is 1. The molecular weight excluding hydrogens is 232 g/mol. The molecule has 0 unspecified atom stereocenters. The molecule has 7 heteroatoms. The topological polar surface area (TPSA) is 71.4 Å². The monoisotopic (exact) mass is 246 g/mol. The molecule has 1 rings (SSSR count). The van der Waals surface area contributed by atoms with E-state index in [9.17, 15) is 0 Å². The van der Waals surface area contributed by atoms with Gasteiger partial charge >= 0.3 is 6.01 Å². The summed E-state index contributed by atoms with van der Waals surface area (Å²) in [5, 5.41) is 8.89.